The van der Waals surface area contributed by atoms with Crippen molar-refractivity contribution in [1.82, 2.24) is 14.9 Å². The smallest absolute Gasteiger partial charge is 0.421 e. The molecular formula is C27H27F3N6O3. The van der Waals surface area contributed by atoms with Crippen molar-refractivity contribution in [2.75, 3.05) is 29.0 Å². The van der Waals surface area contributed by atoms with Gasteiger partial charge >= 0.3 is 6.18 Å². The van der Waals surface area contributed by atoms with E-state index in [1.807, 2.05) is 0 Å². The Bertz CT molecular complexity index is 1360. The third-order valence-corrected chi connectivity index (χ3v) is 5.95. The summed E-state index contributed by atoms with van der Waals surface area (Å²) in [6.07, 6.45) is -1.58. The second-order valence-electron chi connectivity index (χ2n) is 8.83. The number of nitrogens with one attached hydrogen (secondary N) is 3. The Morgan fingerprint density at radius 2 is 1.72 bits per heavy atom. The van der Waals surface area contributed by atoms with Crippen LogP contribution in [0.5, 0.6) is 5.75 Å². The number of ether oxygens (including phenoxy) is 1. The van der Waals surface area contributed by atoms with Gasteiger partial charge in [-0.15, -0.1) is 0 Å². The number of aromatic nitrogens is 2. The molecule has 0 aliphatic carbocycles. The Morgan fingerprint density at radius 3 is 2.38 bits per heavy atom. The van der Waals surface area contributed by atoms with E-state index < -0.39 is 23.5 Å². The minimum Gasteiger partial charge on any atom is -0.490 e. The zero-order valence-corrected chi connectivity index (χ0v) is 21.1. The Kier molecular flexibility index (Phi) is 8.33. The van der Waals surface area contributed by atoms with E-state index in [0.29, 0.717) is 49.3 Å². The van der Waals surface area contributed by atoms with E-state index in [2.05, 4.69) is 32.5 Å². The molecule has 3 aromatic rings. The average molecular weight is 541 g/mol. The molecule has 204 valence electrons. The Balaban J connectivity index is 1.50. The Morgan fingerprint density at radius 1 is 1.05 bits per heavy atom. The maximum Gasteiger partial charge on any atom is 0.421 e. The van der Waals surface area contributed by atoms with Crippen LogP contribution in [0.15, 0.2) is 67.4 Å². The van der Waals surface area contributed by atoms with Crippen LogP contribution in [-0.2, 0) is 15.8 Å². The van der Waals surface area contributed by atoms with E-state index in [1.54, 1.807) is 54.3 Å². The van der Waals surface area contributed by atoms with Crippen LogP contribution in [0.25, 0.3) is 0 Å². The highest BCUT2D eigenvalue weighted by Crippen LogP contribution is 2.36. The molecule has 0 spiro atoms. The van der Waals surface area contributed by atoms with Gasteiger partial charge in [0.15, 0.2) is 0 Å². The number of hydrogen-bond acceptors (Lipinski definition) is 7. The molecule has 1 aliphatic heterocycles. The van der Waals surface area contributed by atoms with E-state index >= 15 is 0 Å². The SMILES string of the molecule is C=CC(=O)Nc1cccc(Nc2nc(Nc3cccc(OC4CCN(C(C)=O)CC4)c3)ncc2C(F)(F)F)c1. The van der Waals surface area contributed by atoms with Crippen LogP contribution in [0.1, 0.15) is 25.3 Å². The average Bonchev–Trinajstić information content (AvgIpc) is 2.89. The van der Waals surface area contributed by atoms with Crippen LogP contribution in [-0.4, -0.2) is 45.9 Å². The molecule has 3 N–H and O–H groups in total. The molecule has 39 heavy (non-hydrogen) atoms. The van der Waals surface area contributed by atoms with Crippen LogP contribution in [0.4, 0.5) is 42.0 Å². The minimum atomic E-state index is -4.71. The summed E-state index contributed by atoms with van der Waals surface area (Å²) in [5.41, 5.74) is 0.115. The van der Waals surface area contributed by atoms with Crippen LogP contribution >= 0.6 is 0 Å². The zero-order valence-electron chi connectivity index (χ0n) is 21.1. The van der Waals surface area contributed by atoms with Gasteiger partial charge in [0, 0.05) is 62.2 Å². The van der Waals surface area contributed by atoms with Crippen molar-refractivity contribution in [3.8, 4) is 5.75 Å². The maximum absolute atomic E-state index is 13.7. The van der Waals surface area contributed by atoms with Gasteiger partial charge in [-0.25, -0.2) is 4.98 Å². The fourth-order valence-electron chi connectivity index (χ4n) is 4.01. The van der Waals surface area contributed by atoms with Crippen molar-refractivity contribution in [3.63, 3.8) is 0 Å². The first-order valence-corrected chi connectivity index (χ1v) is 12.1. The lowest BCUT2D eigenvalue weighted by atomic mass is 10.1. The van der Waals surface area contributed by atoms with Crippen LogP contribution in [0.2, 0.25) is 0 Å². The number of benzene rings is 2. The number of alkyl halides is 3. The predicted octanol–water partition coefficient (Wildman–Crippen LogP) is 5.50. The number of halogens is 3. The number of carbonyl (C=O) groups excluding carboxylic acids is 2. The summed E-state index contributed by atoms with van der Waals surface area (Å²) in [6.45, 7) is 6.16. The Hall–Kier alpha value is -4.61. The van der Waals surface area contributed by atoms with Gasteiger partial charge in [0.1, 0.15) is 23.2 Å². The van der Waals surface area contributed by atoms with Crippen molar-refractivity contribution >= 4 is 40.6 Å². The van der Waals surface area contributed by atoms with Crippen molar-refractivity contribution in [2.45, 2.75) is 32.0 Å². The molecule has 12 heteroatoms. The lowest BCUT2D eigenvalue weighted by Gasteiger charge is -2.31. The summed E-state index contributed by atoms with van der Waals surface area (Å²) in [5.74, 6) is -0.364. The second kappa shape index (κ2) is 11.8. The van der Waals surface area contributed by atoms with Gasteiger partial charge in [-0.3, -0.25) is 9.59 Å². The molecule has 1 aliphatic rings. The standard InChI is InChI=1S/C27H27F3N6O3/c1-3-24(38)32-18-6-4-7-19(14-18)33-25-23(27(28,29)30)16-31-26(35-25)34-20-8-5-9-22(15-20)39-21-10-12-36(13-11-21)17(2)37/h3-9,14-16,21H,1,10-13H2,2H3,(H,32,38)(H2,31,33,34,35). The number of nitrogens with zero attached hydrogens (tertiary/aromatic N) is 3. The number of amides is 2. The van der Waals surface area contributed by atoms with Gasteiger partial charge in [0.25, 0.3) is 0 Å². The van der Waals surface area contributed by atoms with Gasteiger partial charge in [-0.05, 0) is 36.4 Å². The van der Waals surface area contributed by atoms with Crippen LogP contribution in [0, 0.1) is 0 Å². The first-order valence-electron chi connectivity index (χ1n) is 12.1. The Labute approximate surface area is 223 Å². The topological polar surface area (TPSA) is 108 Å². The summed E-state index contributed by atoms with van der Waals surface area (Å²) >= 11 is 0. The number of hydrogen-bond donors (Lipinski definition) is 3. The van der Waals surface area contributed by atoms with E-state index in [-0.39, 0.29) is 23.6 Å². The van der Waals surface area contributed by atoms with Crippen LogP contribution < -0.4 is 20.7 Å². The number of rotatable bonds is 8. The molecule has 4 rings (SSSR count). The molecule has 0 radical (unpaired) electrons. The molecule has 1 aromatic heterocycles. The van der Waals surface area contributed by atoms with E-state index in [0.717, 1.165) is 6.08 Å². The van der Waals surface area contributed by atoms with Gasteiger partial charge in [0.05, 0.1) is 0 Å². The quantitative estimate of drug-likeness (QED) is 0.324. The zero-order chi connectivity index (χ0) is 28.0. The predicted molar refractivity (Wildman–Crippen MR) is 141 cm³/mol. The monoisotopic (exact) mass is 540 g/mol. The number of likely N-dealkylation sites (tertiary alicyclic amines) is 1. The van der Waals surface area contributed by atoms with Crippen molar-refractivity contribution in [1.29, 1.82) is 0 Å². The lowest BCUT2D eigenvalue weighted by Crippen LogP contribution is -2.40. The molecule has 2 amide bonds. The van der Waals surface area contributed by atoms with Crippen molar-refractivity contribution < 1.29 is 27.5 Å². The summed E-state index contributed by atoms with van der Waals surface area (Å²) in [7, 11) is 0. The number of carbonyl (C=O) groups is 2. The molecule has 0 unspecified atom stereocenters. The van der Waals surface area contributed by atoms with Crippen molar-refractivity contribution in [3.05, 3.63) is 72.9 Å². The highest BCUT2D eigenvalue weighted by Gasteiger charge is 2.35. The van der Waals surface area contributed by atoms with Gasteiger partial charge in [0.2, 0.25) is 17.8 Å². The number of piperidine rings is 1. The third-order valence-electron chi connectivity index (χ3n) is 5.95. The molecule has 0 atom stereocenters. The normalized spacial score (nSPS) is 13.9. The van der Waals surface area contributed by atoms with Crippen molar-refractivity contribution in [2.24, 2.45) is 0 Å². The molecule has 2 aromatic carbocycles. The highest BCUT2D eigenvalue weighted by molar-refractivity contribution is 5.99. The molecule has 1 saturated heterocycles. The van der Waals surface area contributed by atoms with Gasteiger partial charge in [-0.2, -0.15) is 18.2 Å². The fraction of sp³-hybridized carbons (Fsp3) is 0.259. The molecule has 0 saturated carbocycles. The largest absolute Gasteiger partial charge is 0.490 e. The van der Waals surface area contributed by atoms with Gasteiger partial charge in [-0.1, -0.05) is 18.7 Å². The first kappa shape index (κ1) is 27.4. The maximum atomic E-state index is 13.7. The summed E-state index contributed by atoms with van der Waals surface area (Å²) in [5, 5.41) is 8.15. The summed E-state index contributed by atoms with van der Waals surface area (Å²) in [6, 6.07) is 13.1. The highest BCUT2D eigenvalue weighted by atomic mass is 19.4. The van der Waals surface area contributed by atoms with E-state index in [4.69, 9.17) is 4.74 Å². The molecule has 0 bridgehead atoms. The molecule has 1 fully saturated rings. The van der Waals surface area contributed by atoms with E-state index in [1.165, 1.54) is 6.07 Å². The van der Waals surface area contributed by atoms with Gasteiger partial charge < -0.3 is 25.6 Å². The lowest BCUT2D eigenvalue weighted by molar-refractivity contribution is -0.137. The summed E-state index contributed by atoms with van der Waals surface area (Å²) in [4.78, 5) is 32.8. The first-order chi connectivity index (χ1) is 18.6. The third kappa shape index (κ3) is 7.46. The number of anilines is 5. The fourth-order valence-corrected chi connectivity index (χ4v) is 4.01. The molecular weight excluding hydrogens is 513 g/mol. The molecule has 9 nitrogen and oxygen atoms in total. The van der Waals surface area contributed by atoms with E-state index in [9.17, 15) is 22.8 Å². The summed E-state index contributed by atoms with van der Waals surface area (Å²) < 4.78 is 47.2. The minimum absolute atomic E-state index is 0.0391. The second-order valence-corrected chi connectivity index (χ2v) is 8.83. The van der Waals surface area contributed by atoms with Crippen LogP contribution in [0.3, 0.4) is 0 Å². The molecule has 2 heterocycles.